The Morgan fingerprint density at radius 2 is 2.03 bits per heavy atom. The molecule has 0 bridgehead atoms. The number of carbonyl (C=O) groups is 2. The lowest BCUT2D eigenvalue weighted by molar-refractivity contribution is 0.0722. The number of hydrogen-bond acceptors (Lipinski definition) is 7. The highest BCUT2D eigenvalue weighted by atomic mass is 32.2. The molecule has 1 amide bonds. The van der Waals surface area contributed by atoms with Crippen LogP contribution in [0, 0.1) is 5.41 Å². The number of benzene rings is 2. The maximum Gasteiger partial charge on any atom is 0.343 e. The van der Waals surface area contributed by atoms with Crippen LogP contribution in [-0.2, 0) is 16.5 Å². The van der Waals surface area contributed by atoms with Gasteiger partial charge in [0.2, 0.25) is 0 Å². The molecule has 2 aromatic carbocycles. The van der Waals surface area contributed by atoms with Crippen molar-refractivity contribution in [1.29, 1.82) is 5.41 Å². The molecule has 1 aliphatic rings. The second kappa shape index (κ2) is 9.66. The smallest absolute Gasteiger partial charge is 0.343 e. The molecule has 0 aliphatic carbocycles. The zero-order chi connectivity index (χ0) is 23.3. The Bertz CT molecular complexity index is 1160. The van der Waals surface area contributed by atoms with E-state index >= 15 is 0 Å². The van der Waals surface area contributed by atoms with Crippen LogP contribution in [0.2, 0.25) is 0 Å². The molecule has 3 rings (SSSR count). The summed E-state index contributed by atoms with van der Waals surface area (Å²) in [6, 6.07) is 9.31. The van der Waals surface area contributed by atoms with E-state index in [9.17, 15) is 18.0 Å². The fourth-order valence-electron chi connectivity index (χ4n) is 3.14. The first-order chi connectivity index (χ1) is 15.1. The zero-order valence-electron chi connectivity index (χ0n) is 16.9. The van der Waals surface area contributed by atoms with Crippen LogP contribution in [0.5, 0.6) is 11.5 Å². The van der Waals surface area contributed by atoms with E-state index in [1.165, 1.54) is 18.2 Å². The molecule has 1 heterocycles. The number of fused-ring (bicyclic) bond motifs is 2. The Morgan fingerprint density at radius 3 is 2.75 bits per heavy atom. The summed E-state index contributed by atoms with van der Waals surface area (Å²) < 4.78 is 41.8. The predicted molar refractivity (Wildman–Crippen MR) is 116 cm³/mol. The Hall–Kier alpha value is -3.64. The van der Waals surface area contributed by atoms with E-state index in [0.29, 0.717) is 29.7 Å². The Labute approximate surface area is 184 Å². The van der Waals surface area contributed by atoms with Crippen LogP contribution in [0.15, 0.2) is 36.4 Å². The van der Waals surface area contributed by atoms with Gasteiger partial charge in [-0.15, -0.1) is 0 Å². The predicted octanol–water partition coefficient (Wildman–Crippen LogP) is 1.15. The average Bonchev–Trinajstić information content (AvgIpc) is 2.70. The van der Waals surface area contributed by atoms with Crippen LogP contribution >= 0.6 is 0 Å². The number of para-hydroxylation sites is 1. The molecule has 2 aromatic rings. The van der Waals surface area contributed by atoms with Crippen molar-refractivity contribution in [3.05, 3.63) is 53.1 Å². The quantitative estimate of drug-likeness (QED) is 0.143. The molecule has 6 N–H and O–H groups in total. The molecule has 11 nitrogen and oxygen atoms in total. The molecule has 0 saturated heterocycles. The molecule has 1 aliphatic heterocycles. The van der Waals surface area contributed by atoms with Crippen molar-refractivity contribution in [3.63, 3.8) is 0 Å². The number of anilines is 1. The Kier molecular flexibility index (Phi) is 6.95. The van der Waals surface area contributed by atoms with Gasteiger partial charge in [0, 0.05) is 12.2 Å². The maximum atomic E-state index is 12.8. The maximum absolute atomic E-state index is 12.8. The number of nitrogens with two attached hydrogens (primary N) is 1. The van der Waals surface area contributed by atoms with Crippen LogP contribution in [0.3, 0.4) is 0 Å². The van der Waals surface area contributed by atoms with Gasteiger partial charge in [-0.25, -0.2) is 4.79 Å². The minimum absolute atomic E-state index is 0.0382. The summed E-state index contributed by atoms with van der Waals surface area (Å²) in [6.07, 6.45) is 0.984. The molecule has 0 saturated carbocycles. The van der Waals surface area contributed by atoms with Crippen LogP contribution in [0.1, 0.15) is 32.7 Å². The number of guanidine groups is 1. The van der Waals surface area contributed by atoms with Gasteiger partial charge in [0.1, 0.15) is 0 Å². The Balaban J connectivity index is 1.87. The van der Waals surface area contributed by atoms with E-state index in [0.717, 1.165) is 0 Å². The summed E-state index contributed by atoms with van der Waals surface area (Å²) in [7, 11) is -4.22. The van der Waals surface area contributed by atoms with Crippen LogP contribution in [-0.4, -0.2) is 49.7 Å². The summed E-state index contributed by atoms with van der Waals surface area (Å²) >= 11 is 0. The normalized spacial score (nSPS) is 13.6. The summed E-state index contributed by atoms with van der Waals surface area (Å²) in [5.41, 5.74) is 7.00. The molecular weight excluding hydrogens is 440 g/mol. The standard InChI is InChI=1S/C20H22N4O7S/c21-20(22)24-13-6-7-14-12(11-13)3-2-9-30-17-15(4-1-5-16(17)31-19(14)26)18(25)23-8-10-32(27,28)29/h1,4-7,11H,2-3,8-10H2,(H,23,25)(H4,21,22,24)(H,27,28,29). The highest BCUT2D eigenvalue weighted by molar-refractivity contribution is 7.85. The van der Waals surface area contributed by atoms with Gasteiger partial charge in [0.15, 0.2) is 17.5 Å². The third-order valence-electron chi connectivity index (χ3n) is 4.51. The largest absolute Gasteiger partial charge is 0.489 e. The monoisotopic (exact) mass is 462 g/mol. The topological polar surface area (TPSA) is 181 Å². The van der Waals surface area contributed by atoms with Crippen molar-refractivity contribution in [2.24, 2.45) is 5.73 Å². The number of esters is 1. The van der Waals surface area contributed by atoms with Gasteiger partial charge in [-0.3, -0.25) is 14.8 Å². The number of carbonyl (C=O) groups excluding carboxylic acids is 2. The first kappa shape index (κ1) is 23.0. The third kappa shape index (κ3) is 5.95. The van der Waals surface area contributed by atoms with E-state index in [-0.39, 0.29) is 36.2 Å². The van der Waals surface area contributed by atoms with Gasteiger partial charge in [0.05, 0.1) is 23.5 Å². The molecule has 32 heavy (non-hydrogen) atoms. The lowest BCUT2D eigenvalue weighted by Gasteiger charge is -2.19. The van der Waals surface area contributed by atoms with E-state index in [1.54, 1.807) is 18.2 Å². The SMILES string of the molecule is N=C(N)Nc1ccc2c(c1)CCCOc1c(cccc1C(=O)NCCS(=O)(=O)O)OC2=O. The van der Waals surface area contributed by atoms with E-state index in [4.69, 9.17) is 25.2 Å². The fraction of sp³-hybridized carbons (Fsp3) is 0.250. The molecule has 12 heteroatoms. The molecule has 0 radical (unpaired) electrons. The van der Waals surface area contributed by atoms with Gasteiger partial charge < -0.3 is 25.8 Å². The van der Waals surface area contributed by atoms with Crippen molar-refractivity contribution in [1.82, 2.24) is 5.32 Å². The van der Waals surface area contributed by atoms with Gasteiger partial charge in [-0.05, 0) is 48.7 Å². The molecule has 170 valence electrons. The summed E-state index contributed by atoms with van der Waals surface area (Å²) in [5, 5.41) is 12.4. The molecule has 0 atom stereocenters. The number of ether oxygens (including phenoxy) is 2. The molecule has 0 aromatic heterocycles. The number of nitrogens with one attached hydrogen (secondary N) is 3. The number of rotatable bonds is 5. The van der Waals surface area contributed by atoms with Crippen molar-refractivity contribution in [2.45, 2.75) is 12.8 Å². The average molecular weight is 462 g/mol. The first-order valence-electron chi connectivity index (χ1n) is 9.59. The van der Waals surface area contributed by atoms with Crippen LogP contribution in [0.25, 0.3) is 0 Å². The van der Waals surface area contributed by atoms with Gasteiger partial charge in [0.25, 0.3) is 16.0 Å². The first-order valence-corrected chi connectivity index (χ1v) is 11.2. The van der Waals surface area contributed by atoms with Gasteiger partial charge >= 0.3 is 5.97 Å². The number of hydrogen-bond donors (Lipinski definition) is 5. The molecule has 0 spiro atoms. The van der Waals surface area contributed by atoms with E-state index in [1.807, 2.05) is 0 Å². The van der Waals surface area contributed by atoms with Crippen molar-refractivity contribution in [2.75, 3.05) is 24.2 Å². The van der Waals surface area contributed by atoms with Crippen LogP contribution < -0.4 is 25.8 Å². The van der Waals surface area contributed by atoms with Crippen molar-refractivity contribution >= 4 is 33.6 Å². The Morgan fingerprint density at radius 1 is 1.25 bits per heavy atom. The molecule has 0 fully saturated rings. The second-order valence-electron chi connectivity index (χ2n) is 6.93. The van der Waals surface area contributed by atoms with Gasteiger partial charge in [-0.2, -0.15) is 8.42 Å². The minimum Gasteiger partial charge on any atom is -0.489 e. The minimum atomic E-state index is -4.22. The number of aryl methyl sites for hydroxylation is 1. The van der Waals surface area contributed by atoms with Crippen LogP contribution in [0.4, 0.5) is 5.69 Å². The van der Waals surface area contributed by atoms with Gasteiger partial charge in [-0.1, -0.05) is 6.07 Å². The lowest BCUT2D eigenvalue weighted by Crippen LogP contribution is -2.29. The summed E-state index contributed by atoms with van der Waals surface area (Å²) in [4.78, 5) is 25.3. The highest BCUT2D eigenvalue weighted by Gasteiger charge is 2.23. The highest BCUT2D eigenvalue weighted by Crippen LogP contribution is 2.33. The molecular formula is C20H22N4O7S. The fourth-order valence-corrected chi connectivity index (χ4v) is 3.50. The second-order valence-corrected chi connectivity index (χ2v) is 8.50. The van der Waals surface area contributed by atoms with Crippen molar-refractivity contribution < 1.29 is 32.0 Å². The third-order valence-corrected chi connectivity index (χ3v) is 5.23. The summed E-state index contributed by atoms with van der Waals surface area (Å²) in [6.45, 7) is -0.0885. The van der Waals surface area contributed by atoms with Crippen molar-refractivity contribution in [3.8, 4) is 11.5 Å². The summed E-state index contributed by atoms with van der Waals surface area (Å²) in [5.74, 6) is -2.06. The zero-order valence-corrected chi connectivity index (χ0v) is 17.7. The van der Waals surface area contributed by atoms with E-state index in [2.05, 4.69) is 10.6 Å². The lowest BCUT2D eigenvalue weighted by atomic mass is 10.0. The molecule has 0 unspecified atom stereocenters. The number of amides is 1. The van der Waals surface area contributed by atoms with E-state index < -0.39 is 27.7 Å².